The van der Waals surface area contributed by atoms with Crippen LogP contribution in [0.2, 0.25) is 0 Å². The van der Waals surface area contributed by atoms with Gasteiger partial charge in [-0.05, 0) is 37.5 Å². The highest BCUT2D eigenvalue weighted by atomic mass is 19.4. The molecule has 0 radical (unpaired) electrons. The summed E-state index contributed by atoms with van der Waals surface area (Å²) in [5.74, 6) is -0.709. The van der Waals surface area contributed by atoms with E-state index < -0.39 is 28.9 Å². The summed E-state index contributed by atoms with van der Waals surface area (Å²) in [6.45, 7) is 1.39. The van der Waals surface area contributed by atoms with E-state index in [9.17, 15) is 27.9 Å². The van der Waals surface area contributed by atoms with Crippen molar-refractivity contribution >= 4 is 17.6 Å². The van der Waals surface area contributed by atoms with E-state index in [1.54, 1.807) is 0 Å². The zero-order chi connectivity index (χ0) is 19.6. The predicted molar refractivity (Wildman–Crippen MR) is 94.1 cm³/mol. The maximum atomic E-state index is 13.1. The molecule has 0 unspecified atom stereocenters. The molecule has 1 aromatic heterocycles. The van der Waals surface area contributed by atoms with E-state index in [0.29, 0.717) is 18.8 Å². The smallest absolute Gasteiger partial charge is 0.416 e. The van der Waals surface area contributed by atoms with Gasteiger partial charge in [0.25, 0.3) is 5.56 Å². The molecular formula is C17H17F3N4O3. The number of nitrogens with one attached hydrogen (secondary N) is 2. The third-order valence-electron chi connectivity index (χ3n) is 4.29. The van der Waals surface area contributed by atoms with Gasteiger partial charge in [0.2, 0.25) is 5.88 Å². The fourth-order valence-corrected chi connectivity index (χ4v) is 2.94. The highest BCUT2D eigenvalue weighted by molar-refractivity contribution is 5.86. The van der Waals surface area contributed by atoms with Crippen LogP contribution in [0.25, 0.3) is 0 Å². The molecule has 7 nitrogen and oxygen atoms in total. The van der Waals surface area contributed by atoms with Crippen LogP contribution in [-0.4, -0.2) is 34.4 Å². The average Bonchev–Trinajstić information content (AvgIpc) is 2.60. The molecule has 1 aliphatic heterocycles. The van der Waals surface area contributed by atoms with Crippen molar-refractivity contribution in [2.24, 2.45) is 4.99 Å². The minimum absolute atomic E-state index is 0.0247. The van der Waals surface area contributed by atoms with Crippen LogP contribution in [0, 0.1) is 0 Å². The molecule has 0 saturated carbocycles. The topological polar surface area (TPSA) is 102 Å². The number of piperidine rings is 1. The molecule has 0 amide bonds. The SMILES string of the molecule is O=c1[nH]c(O)c(C=Nc2cc(C(F)(F)F)ccc2N2CCCCC2)c(=O)[nH]1. The van der Waals surface area contributed by atoms with Crippen LogP contribution in [0.4, 0.5) is 24.5 Å². The Morgan fingerprint density at radius 2 is 1.81 bits per heavy atom. The van der Waals surface area contributed by atoms with Gasteiger partial charge in [0.05, 0.1) is 16.9 Å². The van der Waals surface area contributed by atoms with Crippen LogP contribution in [-0.2, 0) is 6.18 Å². The summed E-state index contributed by atoms with van der Waals surface area (Å²) >= 11 is 0. The molecule has 27 heavy (non-hydrogen) atoms. The second kappa shape index (κ2) is 7.29. The minimum Gasteiger partial charge on any atom is -0.494 e. The Morgan fingerprint density at radius 3 is 2.44 bits per heavy atom. The highest BCUT2D eigenvalue weighted by Crippen LogP contribution is 2.37. The molecule has 2 aromatic rings. The van der Waals surface area contributed by atoms with Gasteiger partial charge in [0.15, 0.2) is 0 Å². The highest BCUT2D eigenvalue weighted by Gasteiger charge is 2.31. The van der Waals surface area contributed by atoms with Gasteiger partial charge < -0.3 is 10.0 Å². The molecule has 1 fully saturated rings. The van der Waals surface area contributed by atoms with Crippen molar-refractivity contribution in [1.29, 1.82) is 0 Å². The van der Waals surface area contributed by atoms with Crippen LogP contribution < -0.4 is 16.1 Å². The number of hydrogen-bond donors (Lipinski definition) is 3. The zero-order valence-electron chi connectivity index (χ0n) is 14.1. The Bertz CT molecular complexity index is 973. The third kappa shape index (κ3) is 4.21. The standard InChI is InChI=1S/C17H17F3N4O3/c18-17(19,20)10-4-5-13(24-6-2-1-3-7-24)12(8-10)21-9-11-14(25)22-16(27)23-15(11)26/h4-5,8-9H,1-3,6-7H2,(H3,22,23,25,26,27). The van der Waals surface area contributed by atoms with Gasteiger partial charge in [-0.1, -0.05) is 0 Å². The van der Waals surface area contributed by atoms with Crippen molar-refractivity contribution in [1.82, 2.24) is 9.97 Å². The average molecular weight is 382 g/mol. The van der Waals surface area contributed by atoms with Crippen LogP contribution in [0.15, 0.2) is 32.8 Å². The lowest BCUT2D eigenvalue weighted by atomic mass is 10.1. The number of alkyl halides is 3. The molecule has 3 rings (SSSR count). The largest absolute Gasteiger partial charge is 0.494 e. The van der Waals surface area contributed by atoms with Gasteiger partial charge in [0.1, 0.15) is 5.56 Å². The first-order chi connectivity index (χ1) is 12.8. The second-order valence-corrected chi connectivity index (χ2v) is 6.18. The summed E-state index contributed by atoms with van der Waals surface area (Å²) in [6.07, 6.45) is -0.708. The van der Waals surface area contributed by atoms with Gasteiger partial charge in [-0.15, -0.1) is 0 Å². The number of nitrogens with zero attached hydrogens (tertiary/aromatic N) is 2. The number of aromatic nitrogens is 2. The lowest BCUT2D eigenvalue weighted by Crippen LogP contribution is -2.29. The summed E-state index contributed by atoms with van der Waals surface area (Å²) in [6, 6.07) is 3.25. The molecule has 2 heterocycles. The first-order valence-corrected chi connectivity index (χ1v) is 8.31. The molecule has 0 bridgehead atoms. The Labute approximate surface area is 151 Å². The van der Waals surface area contributed by atoms with E-state index in [4.69, 9.17) is 0 Å². The third-order valence-corrected chi connectivity index (χ3v) is 4.29. The number of hydrogen-bond acceptors (Lipinski definition) is 5. The normalized spacial score (nSPS) is 15.4. The van der Waals surface area contributed by atoms with Crippen molar-refractivity contribution in [3.8, 4) is 5.88 Å². The fraction of sp³-hybridized carbons (Fsp3) is 0.353. The van der Waals surface area contributed by atoms with Crippen LogP contribution >= 0.6 is 0 Å². The second-order valence-electron chi connectivity index (χ2n) is 6.18. The first-order valence-electron chi connectivity index (χ1n) is 8.31. The minimum atomic E-state index is -4.54. The summed E-state index contributed by atoms with van der Waals surface area (Å²) in [5.41, 5.74) is -2.48. The molecule has 3 N–H and O–H groups in total. The first kappa shape index (κ1) is 18.7. The Kier molecular flexibility index (Phi) is 5.06. The van der Waals surface area contributed by atoms with E-state index in [0.717, 1.165) is 37.6 Å². The summed E-state index contributed by atoms with van der Waals surface area (Å²) in [5, 5.41) is 9.69. The molecule has 10 heteroatoms. The van der Waals surface area contributed by atoms with Crippen LogP contribution in [0.3, 0.4) is 0 Å². The number of aromatic amines is 2. The number of aliphatic imine (C=N–C) groups is 1. The van der Waals surface area contributed by atoms with Gasteiger partial charge in [0, 0.05) is 19.3 Å². The van der Waals surface area contributed by atoms with E-state index in [2.05, 4.69) is 4.99 Å². The van der Waals surface area contributed by atoms with Crippen molar-refractivity contribution < 1.29 is 18.3 Å². The number of rotatable bonds is 3. The summed E-state index contributed by atoms with van der Waals surface area (Å²) in [7, 11) is 0. The maximum Gasteiger partial charge on any atom is 0.416 e. The van der Waals surface area contributed by atoms with Crippen LogP contribution in [0.5, 0.6) is 5.88 Å². The molecular weight excluding hydrogens is 365 g/mol. The number of anilines is 1. The van der Waals surface area contributed by atoms with Gasteiger partial charge in [-0.3, -0.25) is 19.8 Å². The molecule has 144 valence electrons. The quantitative estimate of drug-likeness (QED) is 0.710. The summed E-state index contributed by atoms with van der Waals surface area (Å²) in [4.78, 5) is 32.7. The number of aromatic hydroxyl groups is 1. The van der Waals surface area contributed by atoms with Crippen molar-refractivity contribution in [2.75, 3.05) is 18.0 Å². The summed E-state index contributed by atoms with van der Waals surface area (Å²) < 4.78 is 39.2. The molecule has 0 atom stereocenters. The lowest BCUT2D eigenvalue weighted by Gasteiger charge is -2.30. The van der Waals surface area contributed by atoms with Crippen molar-refractivity contribution in [2.45, 2.75) is 25.4 Å². The predicted octanol–water partition coefficient (Wildman–Crippen LogP) is 2.53. The molecule has 1 aliphatic rings. The van der Waals surface area contributed by atoms with Crippen LogP contribution in [0.1, 0.15) is 30.4 Å². The van der Waals surface area contributed by atoms with Gasteiger partial charge in [-0.25, -0.2) is 4.79 Å². The Balaban J connectivity index is 2.06. The van der Waals surface area contributed by atoms with Crippen molar-refractivity contribution in [3.63, 3.8) is 0 Å². The zero-order valence-corrected chi connectivity index (χ0v) is 14.1. The van der Waals surface area contributed by atoms with E-state index in [-0.39, 0.29) is 11.3 Å². The van der Waals surface area contributed by atoms with Gasteiger partial charge >= 0.3 is 11.9 Å². The monoisotopic (exact) mass is 382 g/mol. The lowest BCUT2D eigenvalue weighted by molar-refractivity contribution is -0.137. The number of H-pyrrole nitrogens is 2. The maximum absolute atomic E-state index is 13.1. The van der Waals surface area contributed by atoms with Crippen molar-refractivity contribution in [3.05, 3.63) is 50.2 Å². The Morgan fingerprint density at radius 1 is 1.11 bits per heavy atom. The Hall–Kier alpha value is -3.04. The van der Waals surface area contributed by atoms with E-state index in [1.807, 2.05) is 14.9 Å². The molecule has 1 saturated heterocycles. The fourth-order valence-electron chi connectivity index (χ4n) is 2.94. The molecule has 0 aliphatic carbocycles. The molecule has 0 spiro atoms. The van der Waals surface area contributed by atoms with E-state index >= 15 is 0 Å². The van der Waals surface area contributed by atoms with Gasteiger partial charge in [-0.2, -0.15) is 13.2 Å². The number of benzene rings is 1. The van der Waals surface area contributed by atoms with E-state index in [1.165, 1.54) is 6.07 Å². The molecule has 1 aromatic carbocycles. The number of halogens is 3.